The van der Waals surface area contributed by atoms with Crippen molar-refractivity contribution in [2.75, 3.05) is 10.6 Å². The van der Waals surface area contributed by atoms with Crippen LogP contribution >= 0.6 is 0 Å². The molecule has 2 N–H and O–H groups in total. The van der Waals surface area contributed by atoms with Gasteiger partial charge in [-0.1, -0.05) is 48.5 Å². The van der Waals surface area contributed by atoms with Gasteiger partial charge in [-0.25, -0.2) is 4.52 Å². The van der Waals surface area contributed by atoms with Gasteiger partial charge < -0.3 is 15.4 Å². The fourth-order valence-electron chi connectivity index (χ4n) is 3.85. The quantitative estimate of drug-likeness (QED) is 0.293. The molecule has 166 valence electrons. The van der Waals surface area contributed by atoms with E-state index in [1.807, 2.05) is 85.9 Å². The van der Waals surface area contributed by atoms with E-state index in [9.17, 15) is 5.26 Å². The summed E-state index contributed by atoms with van der Waals surface area (Å²) in [7, 11) is 0. The van der Waals surface area contributed by atoms with Gasteiger partial charge in [-0.2, -0.15) is 10.4 Å². The average molecular weight is 446 g/mol. The molecule has 34 heavy (non-hydrogen) atoms. The van der Waals surface area contributed by atoms with Crippen LogP contribution in [0.25, 0.3) is 5.52 Å². The number of nitriles is 1. The van der Waals surface area contributed by atoms with Gasteiger partial charge in [-0.05, 0) is 48.9 Å². The van der Waals surface area contributed by atoms with Crippen LogP contribution in [-0.4, -0.2) is 9.61 Å². The predicted octanol–water partition coefficient (Wildman–Crippen LogP) is 6.66. The largest absolute Gasteiger partial charge is 0.457 e. The second kappa shape index (κ2) is 9.39. The molecule has 0 atom stereocenters. The lowest BCUT2D eigenvalue weighted by molar-refractivity contribution is 0.483. The Balaban J connectivity index is 1.41. The SMILES string of the molecule is Cc1c(NCc2ccccc2)cn2ncc(C#N)c(Nc3ccc(Oc4ccccc4)cc3)c12. The minimum absolute atomic E-state index is 0.480. The van der Waals surface area contributed by atoms with Gasteiger partial charge in [0.1, 0.15) is 17.6 Å². The molecule has 6 nitrogen and oxygen atoms in total. The number of para-hydroxylation sites is 1. The molecular weight excluding hydrogens is 422 g/mol. The highest BCUT2D eigenvalue weighted by Gasteiger charge is 2.16. The van der Waals surface area contributed by atoms with E-state index >= 15 is 0 Å². The summed E-state index contributed by atoms with van der Waals surface area (Å²) in [5, 5.41) is 21.1. The average Bonchev–Trinajstić information content (AvgIpc) is 3.21. The van der Waals surface area contributed by atoms with E-state index in [1.165, 1.54) is 5.56 Å². The molecule has 2 aromatic heterocycles. The van der Waals surface area contributed by atoms with Crippen LogP contribution in [0.4, 0.5) is 17.1 Å². The number of nitrogens with zero attached hydrogens (tertiary/aromatic N) is 3. The molecule has 0 aliphatic carbocycles. The highest BCUT2D eigenvalue weighted by atomic mass is 16.5. The Kier molecular flexibility index (Phi) is 5.83. The maximum absolute atomic E-state index is 9.74. The summed E-state index contributed by atoms with van der Waals surface area (Å²) in [4.78, 5) is 0. The van der Waals surface area contributed by atoms with Crippen LogP contribution in [0.5, 0.6) is 11.5 Å². The monoisotopic (exact) mass is 445 g/mol. The van der Waals surface area contributed by atoms with Crippen molar-refractivity contribution < 1.29 is 4.74 Å². The predicted molar refractivity (Wildman–Crippen MR) is 135 cm³/mol. The number of hydrogen-bond acceptors (Lipinski definition) is 5. The maximum atomic E-state index is 9.74. The fourth-order valence-corrected chi connectivity index (χ4v) is 3.85. The van der Waals surface area contributed by atoms with Crippen LogP contribution in [0.3, 0.4) is 0 Å². The molecule has 0 saturated heterocycles. The molecule has 0 bridgehead atoms. The smallest absolute Gasteiger partial charge is 0.127 e. The molecule has 5 rings (SSSR count). The highest BCUT2D eigenvalue weighted by Crippen LogP contribution is 2.33. The topological polar surface area (TPSA) is 74.4 Å². The van der Waals surface area contributed by atoms with Crippen molar-refractivity contribution in [2.45, 2.75) is 13.5 Å². The maximum Gasteiger partial charge on any atom is 0.127 e. The Bertz CT molecular complexity index is 1450. The molecule has 0 aliphatic rings. The number of hydrogen-bond donors (Lipinski definition) is 2. The van der Waals surface area contributed by atoms with Crippen molar-refractivity contribution in [1.29, 1.82) is 5.26 Å². The van der Waals surface area contributed by atoms with E-state index in [0.717, 1.165) is 39.6 Å². The fraction of sp³-hybridized carbons (Fsp3) is 0.0714. The standard InChI is InChI=1S/C28H23N5O/c1-20-26(30-17-21-8-4-2-5-9-21)19-33-28(20)27(22(16-29)18-31-33)32-23-12-14-25(15-13-23)34-24-10-6-3-7-11-24/h2-15,18-19,30,32H,17H2,1H3. The van der Waals surface area contributed by atoms with Crippen molar-refractivity contribution in [3.63, 3.8) is 0 Å². The van der Waals surface area contributed by atoms with E-state index in [-0.39, 0.29) is 0 Å². The lowest BCUT2D eigenvalue weighted by Gasteiger charge is -2.12. The molecule has 5 aromatic rings. The molecule has 0 radical (unpaired) electrons. The molecule has 3 aromatic carbocycles. The summed E-state index contributed by atoms with van der Waals surface area (Å²) in [6.45, 7) is 2.74. The molecule has 0 spiro atoms. The summed E-state index contributed by atoms with van der Waals surface area (Å²) in [5.74, 6) is 1.52. The Labute approximate surface area is 198 Å². The van der Waals surface area contributed by atoms with Crippen molar-refractivity contribution in [3.8, 4) is 17.6 Å². The van der Waals surface area contributed by atoms with Crippen LogP contribution in [0.1, 0.15) is 16.7 Å². The molecular formula is C28H23N5O. The van der Waals surface area contributed by atoms with Gasteiger partial charge in [0, 0.05) is 17.8 Å². The third kappa shape index (κ3) is 4.41. The Hall–Kier alpha value is -4.76. The second-order valence-corrected chi connectivity index (χ2v) is 7.91. The number of nitrogens with one attached hydrogen (secondary N) is 2. The number of aryl methyl sites for hydroxylation is 1. The normalized spacial score (nSPS) is 10.6. The van der Waals surface area contributed by atoms with Crippen LogP contribution in [-0.2, 0) is 6.54 Å². The van der Waals surface area contributed by atoms with Gasteiger partial charge in [0.25, 0.3) is 0 Å². The zero-order chi connectivity index (χ0) is 23.3. The minimum atomic E-state index is 0.480. The first kappa shape index (κ1) is 21.1. The van der Waals surface area contributed by atoms with E-state index in [1.54, 1.807) is 10.7 Å². The highest BCUT2D eigenvalue weighted by molar-refractivity contribution is 5.87. The van der Waals surface area contributed by atoms with Crippen molar-refractivity contribution in [3.05, 3.63) is 114 Å². The van der Waals surface area contributed by atoms with Gasteiger partial charge in [-0.15, -0.1) is 0 Å². The third-order valence-electron chi connectivity index (χ3n) is 5.61. The number of aromatic nitrogens is 2. The van der Waals surface area contributed by atoms with Crippen molar-refractivity contribution in [2.24, 2.45) is 0 Å². The molecule has 0 fully saturated rings. The minimum Gasteiger partial charge on any atom is -0.457 e. The summed E-state index contributed by atoms with van der Waals surface area (Å²) in [6.07, 6.45) is 3.54. The van der Waals surface area contributed by atoms with Crippen LogP contribution in [0.2, 0.25) is 0 Å². The molecule has 0 aliphatic heterocycles. The summed E-state index contributed by atoms with van der Waals surface area (Å²) >= 11 is 0. The second-order valence-electron chi connectivity index (χ2n) is 7.91. The third-order valence-corrected chi connectivity index (χ3v) is 5.61. The molecule has 0 amide bonds. The zero-order valence-electron chi connectivity index (χ0n) is 18.7. The van der Waals surface area contributed by atoms with E-state index in [2.05, 4.69) is 33.9 Å². The molecule has 0 saturated carbocycles. The summed E-state index contributed by atoms with van der Waals surface area (Å²) in [6, 6.07) is 29.8. The molecule has 0 unspecified atom stereocenters. The zero-order valence-corrected chi connectivity index (χ0v) is 18.7. The van der Waals surface area contributed by atoms with E-state index in [4.69, 9.17) is 4.74 Å². The first-order valence-electron chi connectivity index (χ1n) is 11.0. The number of benzene rings is 3. The van der Waals surface area contributed by atoms with Crippen molar-refractivity contribution >= 4 is 22.6 Å². The Morgan fingerprint density at radius 1 is 0.912 bits per heavy atom. The van der Waals surface area contributed by atoms with Crippen LogP contribution in [0, 0.1) is 18.3 Å². The summed E-state index contributed by atoms with van der Waals surface area (Å²) in [5.41, 5.74) is 6.10. The first-order chi connectivity index (χ1) is 16.7. The Morgan fingerprint density at radius 2 is 1.59 bits per heavy atom. The number of anilines is 3. The molecule has 6 heteroatoms. The van der Waals surface area contributed by atoms with Crippen LogP contribution < -0.4 is 15.4 Å². The van der Waals surface area contributed by atoms with E-state index < -0.39 is 0 Å². The number of ether oxygens (including phenoxy) is 1. The lowest BCUT2D eigenvalue weighted by Crippen LogP contribution is -2.01. The first-order valence-corrected chi connectivity index (χ1v) is 11.0. The van der Waals surface area contributed by atoms with Gasteiger partial charge in [0.05, 0.1) is 34.8 Å². The van der Waals surface area contributed by atoms with Gasteiger partial charge in [-0.3, -0.25) is 0 Å². The van der Waals surface area contributed by atoms with Crippen LogP contribution in [0.15, 0.2) is 97.3 Å². The summed E-state index contributed by atoms with van der Waals surface area (Å²) < 4.78 is 7.69. The van der Waals surface area contributed by atoms with Gasteiger partial charge in [0.15, 0.2) is 0 Å². The van der Waals surface area contributed by atoms with Crippen molar-refractivity contribution in [1.82, 2.24) is 9.61 Å². The molecule has 2 heterocycles. The lowest BCUT2D eigenvalue weighted by atomic mass is 10.1. The van der Waals surface area contributed by atoms with E-state index in [0.29, 0.717) is 12.1 Å². The number of rotatable bonds is 7. The Morgan fingerprint density at radius 3 is 2.29 bits per heavy atom. The van der Waals surface area contributed by atoms with Gasteiger partial charge >= 0.3 is 0 Å². The van der Waals surface area contributed by atoms with Gasteiger partial charge in [0.2, 0.25) is 0 Å². The number of fused-ring (bicyclic) bond motifs is 1.